The molecule has 0 aromatic rings. The first-order chi connectivity index (χ1) is 12.0. The molecule has 0 aliphatic rings. The fourth-order valence-corrected chi connectivity index (χ4v) is 0.168. The third kappa shape index (κ3) is 1.98. The van der Waals surface area contributed by atoms with Crippen molar-refractivity contribution in [2.45, 2.75) is 27.4 Å². The van der Waals surface area contributed by atoms with Crippen molar-refractivity contribution in [1.29, 1.82) is 0 Å². The molecule has 0 atom stereocenters. The van der Waals surface area contributed by atoms with Crippen molar-refractivity contribution < 1.29 is 31.9 Å². The molecule has 0 N–H and O–H groups in total. The molecular weight excluding hydrogens is 110 g/mol. The Kier molecular flexibility index (Phi) is 0.314. The monoisotopic (exact) mass is 150 g/mol. The Balaban J connectivity index is 8.26. The highest BCUT2D eigenvalue weighted by Crippen LogP contribution is 2.03. The zero-order chi connectivity index (χ0) is 24.5. The smallest absolute Gasteiger partial charge is 0.0921 e. The van der Waals surface area contributed by atoms with Gasteiger partial charge >= 0.3 is 0 Å². The molecule has 56 valence electrons. The van der Waals surface area contributed by atoms with E-state index in [1.807, 2.05) is 0 Å². The average molecular weight is 150 g/mol. The van der Waals surface area contributed by atoms with E-state index in [0.717, 1.165) is 0 Å². The number of rotatable bonds is 4. The standard InChI is InChI=1S/C8H20N/c1-5-9(6-2,7-3)8-4/h5-8H2,1-4H3/q+1/i1D3,2D3,3D3,4D3,5D2,6D2,7D2,8D2. The van der Waals surface area contributed by atoms with Crippen LogP contribution in [0.2, 0.25) is 0 Å². The molecule has 0 rings (SSSR count). The quantitative estimate of drug-likeness (QED) is 0.537. The highest BCUT2D eigenvalue weighted by molar-refractivity contribution is 4.31. The summed E-state index contributed by atoms with van der Waals surface area (Å²) < 4.78 is 147. The summed E-state index contributed by atoms with van der Waals surface area (Å²) in [7, 11) is 0. The van der Waals surface area contributed by atoms with Crippen LogP contribution in [-0.4, -0.2) is 30.5 Å². The van der Waals surface area contributed by atoms with Crippen LogP contribution in [0, 0.1) is 0 Å². The summed E-state index contributed by atoms with van der Waals surface area (Å²) >= 11 is 0. The summed E-state index contributed by atoms with van der Waals surface area (Å²) in [6.07, 6.45) is 0. The molecular formula is C8H20N+. The molecule has 0 aromatic heterocycles. The Labute approximate surface area is 87.4 Å². The van der Waals surface area contributed by atoms with Crippen LogP contribution in [0.1, 0.15) is 54.8 Å². The molecule has 0 aromatic carbocycles. The zero-order valence-corrected chi connectivity index (χ0v) is 4.45. The maximum Gasteiger partial charge on any atom is 0.0921 e. The molecule has 1 nitrogen and oxygen atoms in total. The van der Waals surface area contributed by atoms with Crippen LogP contribution in [-0.2, 0) is 0 Å². The molecule has 1 heteroatoms. The van der Waals surface area contributed by atoms with Gasteiger partial charge in [0.1, 0.15) is 0 Å². The van der Waals surface area contributed by atoms with E-state index in [0.29, 0.717) is 0 Å². The maximum atomic E-state index is 7.90. The van der Waals surface area contributed by atoms with Gasteiger partial charge in [0.05, 0.1) is 37.0 Å². The Hall–Kier alpha value is -0.0400. The van der Waals surface area contributed by atoms with Gasteiger partial charge in [-0.3, -0.25) is 0 Å². The van der Waals surface area contributed by atoms with E-state index in [1.54, 1.807) is 0 Å². The van der Waals surface area contributed by atoms with Crippen LogP contribution in [0.5, 0.6) is 0 Å². The van der Waals surface area contributed by atoms with Crippen molar-refractivity contribution >= 4 is 0 Å². The summed E-state index contributed by atoms with van der Waals surface area (Å²) in [5, 5.41) is 0. The molecule has 9 heavy (non-hydrogen) atoms. The number of hydrogen-bond acceptors (Lipinski definition) is 0. The normalized spacial score (nSPS) is 56.9. The van der Waals surface area contributed by atoms with Crippen molar-refractivity contribution in [2.24, 2.45) is 0 Å². The van der Waals surface area contributed by atoms with Crippen molar-refractivity contribution in [2.75, 3.05) is 26.0 Å². The largest absolute Gasteiger partial charge is 0.325 e. The second-order valence-electron chi connectivity index (χ2n) is 1.12. The van der Waals surface area contributed by atoms with Crippen LogP contribution in [0.4, 0.5) is 0 Å². The summed E-state index contributed by atoms with van der Waals surface area (Å²) in [4.78, 5) is 0. The maximum absolute atomic E-state index is 7.90. The fraction of sp³-hybridized carbons (Fsp3) is 1.00. The number of hydrogen-bond donors (Lipinski definition) is 0. The van der Waals surface area contributed by atoms with Crippen molar-refractivity contribution in [3.63, 3.8) is 0 Å². The van der Waals surface area contributed by atoms with Crippen molar-refractivity contribution in [3.05, 3.63) is 0 Å². The molecule has 0 bridgehead atoms. The summed E-state index contributed by atoms with van der Waals surface area (Å²) in [5.74, 6) is 0. The van der Waals surface area contributed by atoms with Gasteiger partial charge in [0.25, 0.3) is 0 Å². The molecule has 0 spiro atoms. The lowest BCUT2D eigenvalue weighted by atomic mass is 10.3. The summed E-state index contributed by atoms with van der Waals surface area (Å²) in [6.45, 7) is -35.8. The highest BCUT2D eigenvalue weighted by atomic mass is 15.3. The Morgan fingerprint density at radius 1 is 1.00 bits per heavy atom. The van der Waals surface area contributed by atoms with Crippen molar-refractivity contribution in [1.82, 2.24) is 0 Å². The Morgan fingerprint density at radius 2 is 1.33 bits per heavy atom. The van der Waals surface area contributed by atoms with E-state index in [2.05, 4.69) is 0 Å². The molecule has 0 radical (unpaired) electrons. The minimum Gasteiger partial charge on any atom is -0.325 e. The van der Waals surface area contributed by atoms with Gasteiger partial charge in [-0.15, -0.1) is 0 Å². The lowest BCUT2D eigenvalue weighted by molar-refractivity contribution is -0.921. The van der Waals surface area contributed by atoms with Crippen LogP contribution >= 0.6 is 0 Å². The number of quaternary nitrogens is 1. The van der Waals surface area contributed by atoms with Crippen LogP contribution in [0.3, 0.4) is 0 Å². The van der Waals surface area contributed by atoms with Gasteiger partial charge in [-0.25, -0.2) is 0 Å². The Morgan fingerprint density at radius 3 is 1.56 bits per heavy atom. The van der Waals surface area contributed by atoms with Crippen LogP contribution in [0.25, 0.3) is 0 Å². The predicted molar refractivity (Wildman–Crippen MR) is 42.4 cm³/mol. The molecule has 0 aliphatic heterocycles. The van der Waals surface area contributed by atoms with Gasteiger partial charge in [0.2, 0.25) is 0 Å². The first-order valence-electron chi connectivity index (χ1n) is 11.9. The molecule has 0 amide bonds. The highest BCUT2D eigenvalue weighted by Gasteiger charge is 2.16. The van der Waals surface area contributed by atoms with Gasteiger partial charge in [-0.2, -0.15) is 0 Å². The first kappa shape index (κ1) is 0.726. The van der Waals surface area contributed by atoms with Crippen LogP contribution < -0.4 is 0 Å². The van der Waals surface area contributed by atoms with E-state index in [-0.39, 0.29) is 0 Å². The minimum atomic E-state index is -4.69. The molecule has 0 aliphatic carbocycles. The van der Waals surface area contributed by atoms with Gasteiger partial charge in [0, 0.05) is 16.4 Å². The van der Waals surface area contributed by atoms with E-state index < -0.39 is 57.9 Å². The third-order valence-corrected chi connectivity index (χ3v) is 0.671. The molecule has 0 saturated carbocycles. The second-order valence-corrected chi connectivity index (χ2v) is 1.12. The SMILES string of the molecule is [2H]C([2H])([2H])C([2H])([2H])[N+](C([2H])([2H])C([2H])([2H])[2H])(C([2H])([2H])C([2H])([2H])[2H])C([2H])([2H])C([2H])([2H])[2H]. The molecule has 0 heterocycles. The van der Waals surface area contributed by atoms with Crippen molar-refractivity contribution in [3.8, 4) is 0 Å². The van der Waals surface area contributed by atoms with Crippen LogP contribution in [0.15, 0.2) is 0 Å². The lowest BCUT2D eigenvalue weighted by Crippen LogP contribution is -2.47. The van der Waals surface area contributed by atoms with E-state index in [4.69, 9.17) is 27.4 Å². The van der Waals surface area contributed by atoms with E-state index in [1.165, 1.54) is 0 Å². The Bertz CT molecular complexity index is 486. The van der Waals surface area contributed by atoms with E-state index >= 15 is 0 Å². The van der Waals surface area contributed by atoms with E-state index in [9.17, 15) is 0 Å². The average Bonchev–Trinajstić information content (AvgIpc) is 2.31. The second kappa shape index (κ2) is 3.89. The third-order valence-electron chi connectivity index (χ3n) is 0.671. The minimum absolute atomic E-state index is 3.88. The van der Waals surface area contributed by atoms with Gasteiger partial charge < -0.3 is 4.48 Å². The topological polar surface area (TPSA) is 0 Å². The molecule has 0 fully saturated rings. The predicted octanol–water partition coefficient (Wildman–Crippen LogP) is 1.88. The van der Waals surface area contributed by atoms with Gasteiger partial charge in [-0.1, -0.05) is 0 Å². The summed E-state index contributed by atoms with van der Waals surface area (Å²) in [5.41, 5.74) is 0. The van der Waals surface area contributed by atoms with Gasteiger partial charge in [-0.05, 0) is 27.4 Å². The number of nitrogens with zero attached hydrogens (tertiary/aromatic N) is 1. The fourth-order valence-electron chi connectivity index (χ4n) is 0.168. The summed E-state index contributed by atoms with van der Waals surface area (Å²) in [6, 6.07) is 0. The molecule has 0 saturated heterocycles. The lowest BCUT2D eigenvalue weighted by Gasteiger charge is -2.34. The molecule has 0 unspecified atom stereocenters. The first-order valence-corrected chi connectivity index (χ1v) is 1.89. The zero-order valence-electron chi connectivity index (χ0n) is 24.4. The van der Waals surface area contributed by atoms with Gasteiger partial charge in [0.15, 0.2) is 0 Å².